The summed E-state index contributed by atoms with van der Waals surface area (Å²) in [4.78, 5) is 20.6. The molecule has 0 aliphatic heterocycles. The summed E-state index contributed by atoms with van der Waals surface area (Å²) < 4.78 is 6.79. The van der Waals surface area contributed by atoms with Gasteiger partial charge in [-0.15, -0.1) is 0 Å². The van der Waals surface area contributed by atoms with Gasteiger partial charge in [0, 0.05) is 31.7 Å². The Bertz CT molecular complexity index is 780. The number of hydrogen-bond acceptors (Lipinski definition) is 5. The van der Waals surface area contributed by atoms with Crippen molar-refractivity contribution in [3.05, 3.63) is 59.2 Å². The van der Waals surface area contributed by atoms with E-state index in [2.05, 4.69) is 9.97 Å². The third-order valence-corrected chi connectivity index (χ3v) is 3.38. The second-order valence-electron chi connectivity index (χ2n) is 4.91. The van der Waals surface area contributed by atoms with Gasteiger partial charge in [0.05, 0.1) is 18.0 Å². The first-order chi connectivity index (χ1) is 10.3. The number of hydrogen-bond donors (Lipinski definition) is 1. The van der Waals surface area contributed by atoms with Crippen molar-refractivity contribution in [1.29, 1.82) is 0 Å². The van der Waals surface area contributed by atoms with Crippen molar-refractivity contribution in [2.75, 3.05) is 6.61 Å². The molecular formula is C15H15N3O3. The number of aromatic nitrogens is 3. The van der Waals surface area contributed by atoms with Crippen LogP contribution in [-0.4, -0.2) is 26.2 Å². The van der Waals surface area contributed by atoms with Crippen molar-refractivity contribution in [3.8, 4) is 0 Å². The predicted molar refractivity (Wildman–Crippen MR) is 76.8 cm³/mol. The highest BCUT2D eigenvalue weighted by atomic mass is 16.3. The van der Waals surface area contributed by atoms with Gasteiger partial charge in [0.15, 0.2) is 5.65 Å². The second kappa shape index (κ2) is 5.88. The van der Waals surface area contributed by atoms with Gasteiger partial charge >= 0.3 is 0 Å². The van der Waals surface area contributed by atoms with E-state index in [4.69, 9.17) is 4.42 Å². The number of rotatable bonds is 5. The fourth-order valence-electron chi connectivity index (χ4n) is 2.31. The van der Waals surface area contributed by atoms with E-state index in [1.807, 2.05) is 6.07 Å². The highest BCUT2D eigenvalue weighted by molar-refractivity contribution is 5.72. The monoisotopic (exact) mass is 285 g/mol. The number of pyridine rings is 1. The summed E-state index contributed by atoms with van der Waals surface area (Å²) in [5, 5.41) is 9.98. The molecule has 108 valence electrons. The predicted octanol–water partition coefficient (Wildman–Crippen LogP) is 1.24. The molecule has 3 aromatic heterocycles. The van der Waals surface area contributed by atoms with Gasteiger partial charge in [0.2, 0.25) is 0 Å². The van der Waals surface area contributed by atoms with Gasteiger partial charge in [0.25, 0.3) is 5.56 Å². The molecule has 0 saturated heterocycles. The molecule has 6 nitrogen and oxygen atoms in total. The van der Waals surface area contributed by atoms with Crippen molar-refractivity contribution in [1.82, 2.24) is 14.5 Å². The Kier molecular flexibility index (Phi) is 3.79. The van der Waals surface area contributed by atoms with Crippen LogP contribution >= 0.6 is 0 Å². The maximum Gasteiger partial charge on any atom is 0.262 e. The first kappa shape index (κ1) is 13.5. The number of furan rings is 1. The molecular weight excluding hydrogens is 270 g/mol. The van der Waals surface area contributed by atoms with Crippen LogP contribution in [0.25, 0.3) is 11.0 Å². The molecule has 3 heterocycles. The van der Waals surface area contributed by atoms with Crippen LogP contribution in [0.1, 0.15) is 5.76 Å². The molecule has 3 rings (SSSR count). The molecule has 0 spiro atoms. The third-order valence-electron chi connectivity index (χ3n) is 3.38. The Morgan fingerprint density at radius 1 is 1.29 bits per heavy atom. The van der Waals surface area contributed by atoms with Gasteiger partial charge in [-0.25, -0.2) is 9.97 Å². The Morgan fingerprint density at radius 3 is 2.95 bits per heavy atom. The van der Waals surface area contributed by atoms with Crippen LogP contribution < -0.4 is 5.56 Å². The quantitative estimate of drug-likeness (QED) is 0.762. The number of nitrogens with zero attached hydrogens (tertiary/aromatic N) is 3. The lowest BCUT2D eigenvalue weighted by Crippen LogP contribution is -2.27. The molecule has 0 aromatic carbocycles. The van der Waals surface area contributed by atoms with E-state index in [-0.39, 0.29) is 18.1 Å². The van der Waals surface area contributed by atoms with Crippen molar-refractivity contribution in [2.45, 2.75) is 13.0 Å². The topological polar surface area (TPSA) is 81.2 Å². The summed E-state index contributed by atoms with van der Waals surface area (Å²) >= 11 is 0. The lowest BCUT2D eigenvalue weighted by atomic mass is 10.1. The molecule has 0 saturated carbocycles. The number of fused-ring (bicyclic) bond motifs is 1. The normalized spacial score (nSPS) is 12.6. The molecule has 1 unspecified atom stereocenters. The molecule has 0 aliphatic rings. The van der Waals surface area contributed by atoms with E-state index in [0.29, 0.717) is 24.0 Å². The van der Waals surface area contributed by atoms with Gasteiger partial charge in [-0.3, -0.25) is 9.36 Å². The SMILES string of the molecule is O=c1c2cccnc2ncn1CC(CO)Cc1ccco1. The summed E-state index contributed by atoms with van der Waals surface area (Å²) in [7, 11) is 0. The van der Waals surface area contributed by atoms with E-state index in [9.17, 15) is 9.90 Å². The second-order valence-corrected chi connectivity index (χ2v) is 4.91. The zero-order valence-electron chi connectivity index (χ0n) is 11.3. The molecule has 0 bridgehead atoms. The minimum Gasteiger partial charge on any atom is -0.469 e. The summed E-state index contributed by atoms with van der Waals surface area (Å²) in [6, 6.07) is 7.07. The van der Waals surface area contributed by atoms with Crippen molar-refractivity contribution in [3.63, 3.8) is 0 Å². The van der Waals surface area contributed by atoms with Gasteiger partial charge in [-0.1, -0.05) is 0 Å². The minimum absolute atomic E-state index is 0.0295. The molecule has 6 heteroatoms. The van der Waals surface area contributed by atoms with Crippen molar-refractivity contribution < 1.29 is 9.52 Å². The van der Waals surface area contributed by atoms with Crippen LogP contribution in [0.3, 0.4) is 0 Å². The molecule has 21 heavy (non-hydrogen) atoms. The number of aliphatic hydroxyl groups is 1. The minimum atomic E-state index is -0.147. The standard InChI is InChI=1S/C15H15N3O3/c19-9-11(7-12-3-2-6-21-12)8-18-10-17-14-13(15(18)20)4-1-5-16-14/h1-6,10-11,19H,7-9H2. The fraction of sp³-hybridized carbons (Fsp3) is 0.267. The highest BCUT2D eigenvalue weighted by Gasteiger charge is 2.13. The van der Waals surface area contributed by atoms with Crippen LogP contribution in [0.15, 0.2) is 52.3 Å². The van der Waals surface area contributed by atoms with Gasteiger partial charge in [-0.2, -0.15) is 0 Å². The van der Waals surface area contributed by atoms with Crippen LogP contribution in [-0.2, 0) is 13.0 Å². The first-order valence-electron chi connectivity index (χ1n) is 6.71. The number of aliphatic hydroxyl groups excluding tert-OH is 1. The zero-order valence-corrected chi connectivity index (χ0v) is 11.3. The van der Waals surface area contributed by atoms with E-state index >= 15 is 0 Å². The van der Waals surface area contributed by atoms with Gasteiger partial charge in [-0.05, 0) is 24.3 Å². The maximum absolute atomic E-state index is 12.4. The summed E-state index contributed by atoms with van der Waals surface area (Å²) in [6.45, 7) is 0.353. The fourth-order valence-corrected chi connectivity index (χ4v) is 2.31. The van der Waals surface area contributed by atoms with Crippen LogP contribution in [0, 0.1) is 5.92 Å². The summed E-state index contributed by atoms with van der Waals surface area (Å²) in [6.07, 6.45) is 5.25. The molecule has 0 aliphatic carbocycles. The molecule has 0 fully saturated rings. The molecule has 1 N–H and O–H groups in total. The van der Waals surface area contributed by atoms with Crippen molar-refractivity contribution >= 4 is 11.0 Å². The Labute approximate surface area is 120 Å². The lowest BCUT2D eigenvalue weighted by molar-refractivity contribution is 0.203. The Balaban J connectivity index is 1.86. The Hall–Kier alpha value is -2.47. The van der Waals surface area contributed by atoms with Gasteiger partial charge in [0.1, 0.15) is 5.76 Å². The third kappa shape index (κ3) is 2.85. The van der Waals surface area contributed by atoms with Crippen molar-refractivity contribution in [2.24, 2.45) is 5.92 Å². The van der Waals surface area contributed by atoms with E-state index in [0.717, 1.165) is 5.76 Å². The first-order valence-corrected chi connectivity index (χ1v) is 6.71. The summed E-state index contributed by atoms with van der Waals surface area (Å²) in [5.74, 6) is 0.683. The molecule has 0 amide bonds. The lowest BCUT2D eigenvalue weighted by Gasteiger charge is -2.14. The van der Waals surface area contributed by atoms with Gasteiger partial charge < -0.3 is 9.52 Å². The Morgan fingerprint density at radius 2 is 2.19 bits per heavy atom. The molecule has 0 radical (unpaired) electrons. The summed E-state index contributed by atoms with van der Waals surface area (Å²) in [5.41, 5.74) is 0.288. The van der Waals surface area contributed by atoms with Crippen LogP contribution in [0.4, 0.5) is 0 Å². The zero-order chi connectivity index (χ0) is 14.7. The molecule has 3 aromatic rings. The van der Waals surface area contributed by atoms with E-state index in [1.54, 1.807) is 30.7 Å². The maximum atomic E-state index is 12.4. The van der Waals surface area contributed by atoms with Crippen LogP contribution in [0.5, 0.6) is 0 Å². The van der Waals surface area contributed by atoms with E-state index in [1.165, 1.54) is 10.9 Å². The smallest absolute Gasteiger partial charge is 0.262 e. The average Bonchev–Trinajstić information content (AvgIpc) is 3.02. The largest absolute Gasteiger partial charge is 0.469 e. The average molecular weight is 285 g/mol. The van der Waals surface area contributed by atoms with E-state index < -0.39 is 0 Å². The van der Waals surface area contributed by atoms with Crippen LogP contribution in [0.2, 0.25) is 0 Å². The molecule has 1 atom stereocenters. The highest BCUT2D eigenvalue weighted by Crippen LogP contribution is 2.11.